The molecule has 1 aromatic carbocycles. The van der Waals surface area contributed by atoms with Crippen LogP contribution in [0.2, 0.25) is 0 Å². The molecule has 0 atom stereocenters. The van der Waals surface area contributed by atoms with Gasteiger partial charge in [0.15, 0.2) is 0 Å². The highest BCUT2D eigenvalue weighted by atomic mass is 79.9. The summed E-state index contributed by atoms with van der Waals surface area (Å²) in [6, 6.07) is 3.96. The summed E-state index contributed by atoms with van der Waals surface area (Å²) in [6.45, 7) is 8.40. The molecule has 0 saturated heterocycles. The van der Waals surface area contributed by atoms with Crippen LogP contribution in [0.25, 0.3) is 11.0 Å². The third-order valence-electron chi connectivity index (χ3n) is 4.82. The molecule has 0 spiro atoms. The van der Waals surface area contributed by atoms with E-state index in [1.165, 1.54) is 6.42 Å². The number of benzene rings is 1. The molecular formula is C19H26BrN3O2. The molecule has 1 aliphatic rings. The quantitative estimate of drug-likeness (QED) is 0.768. The second-order valence-electron chi connectivity index (χ2n) is 8.38. The van der Waals surface area contributed by atoms with Gasteiger partial charge in [-0.15, -0.1) is 0 Å². The number of hydrogen-bond donors (Lipinski definition) is 1. The number of nitrogens with one attached hydrogen (secondary N) is 1. The Kier molecular flexibility index (Phi) is 4.60. The van der Waals surface area contributed by atoms with Gasteiger partial charge < -0.3 is 9.30 Å². The Labute approximate surface area is 157 Å². The molecule has 0 aliphatic heterocycles. The lowest BCUT2D eigenvalue weighted by Gasteiger charge is -2.41. The highest BCUT2D eigenvalue weighted by Crippen LogP contribution is 2.44. The van der Waals surface area contributed by atoms with Gasteiger partial charge in [-0.25, -0.2) is 4.98 Å². The summed E-state index contributed by atoms with van der Waals surface area (Å²) in [5, 5.41) is 3.04. The lowest BCUT2D eigenvalue weighted by atomic mass is 9.78. The van der Waals surface area contributed by atoms with E-state index in [-0.39, 0.29) is 16.9 Å². The molecule has 5 nitrogen and oxygen atoms in total. The first-order valence-electron chi connectivity index (χ1n) is 8.69. The minimum atomic E-state index is -0.0674. The Hall–Kier alpha value is -1.56. The van der Waals surface area contributed by atoms with E-state index in [0.29, 0.717) is 18.1 Å². The van der Waals surface area contributed by atoms with Crippen molar-refractivity contribution in [3.8, 4) is 5.75 Å². The molecule has 1 heterocycles. The first-order chi connectivity index (χ1) is 11.6. The summed E-state index contributed by atoms with van der Waals surface area (Å²) in [5.41, 5.74) is 1.68. The van der Waals surface area contributed by atoms with Crippen LogP contribution in [-0.2, 0) is 10.3 Å². The van der Waals surface area contributed by atoms with Gasteiger partial charge in [0.05, 0.1) is 12.6 Å². The average Bonchev–Trinajstić information content (AvgIpc) is 2.79. The monoisotopic (exact) mass is 407 g/mol. The largest absolute Gasteiger partial charge is 0.494 e. The Morgan fingerprint density at radius 2 is 2.08 bits per heavy atom. The fraction of sp³-hybridized carbons (Fsp3) is 0.579. The van der Waals surface area contributed by atoms with Crippen LogP contribution in [0.1, 0.15) is 53.4 Å². The maximum absolute atomic E-state index is 12.5. The van der Waals surface area contributed by atoms with Gasteiger partial charge in [0, 0.05) is 16.4 Å². The molecule has 1 aliphatic carbocycles. The molecule has 1 fully saturated rings. The number of fused-ring (bicyclic) bond motifs is 1. The summed E-state index contributed by atoms with van der Waals surface area (Å²) in [6.07, 6.45) is 3.80. The number of anilines is 1. The first kappa shape index (κ1) is 18.2. The lowest BCUT2D eigenvalue weighted by molar-refractivity contribution is -0.117. The SMILES string of the molecule is COc1cc(Br)cc2c1nc(NC(=O)CC(C)(C)C)n2C1(C)CCC1. The number of aromatic nitrogens is 2. The molecular weight excluding hydrogens is 382 g/mol. The fourth-order valence-electron chi connectivity index (χ4n) is 3.46. The van der Waals surface area contributed by atoms with Crippen molar-refractivity contribution in [3.05, 3.63) is 16.6 Å². The molecule has 2 aromatic rings. The van der Waals surface area contributed by atoms with Crippen LogP contribution in [0.5, 0.6) is 5.75 Å². The number of rotatable bonds is 4. The van der Waals surface area contributed by atoms with E-state index in [0.717, 1.165) is 28.3 Å². The highest BCUT2D eigenvalue weighted by molar-refractivity contribution is 9.10. The highest BCUT2D eigenvalue weighted by Gasteiger charge is 2.37. The van der Waals surface area contributed by atoms with Gasteiger partial charge in [-0.2, -0.15) is 0 Å². The average molecular weight is 408 g/mol. The van der Waals surface area contributed by atoms with Gasteiger partial charge in [-0.1, -0.05) is 36.7 Å². The molecule has 6 heteroatoms. The van der Waals surface area contributed by atoms with Gasteiger partial charge >= 0.3 is 0 Å². The van der Waals surface area contributed by atoms with Crippen LogP contribution in [-0.4, -0.2) is 22.6 Å². The van der Waals surface area contributed by atoms with E-state index in [1.807, 2.05) is 12.1 Å². The van der Waals surface area contributed by atoms with E-state index in [9.17, 15) is 4.79 Å². The molecule has 0 unspecified atom stereocenters. The summed E-state index contributed by atoms with van der Waals surface area (Å²) < 4.78 is 8.63. The normalized spacial score (nSPS) is 16.6. The number of methoxy groups -OCH3 is 1. The number of hydrogen-bond acceptors (Lipinski definition) is 3. The third-order valence-corrected chi connectivity index (χ3v) is 5.28. The predicted octanol–water partition coefficient (Wildman–Crippen LogP) is 5.08. The van der Waals surface area contributed by atoms with Crippen molar-refractivity contribution in [2.45, 2.75) is 58.9 Å². The van der Waals surface area contributed by atoms with Crippen LogP contribution in [0.3, 0.4) is 0 Å². The molecule has 136 valence electrons. The minimum Gasteiger partial charge on any atom is -0.494 e. The smallest absolute Gasteiger partial charge is 0.227 e. The second kappa shape index (κ2) is 6.31. The summed E-state index contributed by atoms with van der Waals surface area (Å²) in [7, 11) is 1.64. The molecule has 1 saturated carbocycles. The summed E-state index contributed by atoms with van der Waals surface area (Å²) in [4.78, 5) is 17.2. The van der Waals surface area contributed by atoms with Crippen LogP contribution in [0.4, 0.5) is 5.95 Å². The van der Waals surface area contributed by atoms with Crippen molar-refractivity contribution < 1.29 is 9.53 Å². The van der Waals surface area contributed by atoms with Crippen LogP contribution in [0, 0.1) is 5.41 Å². The minimum absolute atomic E-state index is 0.00925. The van der Waals surface area contributed by atoms with Gasteiger partial charge in [0.1, 0.15) is 11.3 Å². The zero-order valence-corrected chi connectivity index (χ0v) is 17.2. The summed E-state index contributed by atoms with van der Waals surface area (Å²) in [5.74, 6) is 1.31. The molecule has 0 radical (unpaired) electrons. The number of amides is 1. The van der Waals surface area contributed by atoms with Crippen molar-refractivity contribution in [3.63, 3.8) is 0 Å². The zero-order valence-electron chi connectivity index (χ0n) is 15.6. The molecule has 25 heavy (non-hydrogen) atoms. The zero-order chi connectivity index (χ0) is 18.4. The number of ether oxygens (including phenoxy) is 1. The van der Waals surface area contributed by atoms with Crippen LogP contribution >= 0.6 is 15.9 Å². The van der Waals surface area contributed by atoms with E-state index in [1.54, 1.807) is 7.11 Å². The Balaban J connectivity index is 2.10. The number of imidazole rings is 1. The molecule has 1 N–H and O–H groups in total. The number of halogens is 1. The van der Waals surface area contributed by atoms with Crippen molar-refractivity contribution in [2.75, 3.05) is 12.4 Å². The predicted molar refractivity (Wildman–Crippen MR) is 104 cm³/mol. The maximum atomic E-state index is 12.5. The van der Waals surface area contributed by atoms with E-state index < -0.39 is 0 Å². The van der Waals surface area contributed by atoms with Crippen LogP contribution < -0.4 is 10.1 Å². The Bertz CT molecular complexity index is 816. The first-order valence-corrected chi connectivity index (χ1v) is 9.49. The Morgan fingerprint density at radius 3 is 2.60 bits per heavy atom. The fourth-order valence-corrected chi connectivity index (χ4v) is 3.89. The topological polar surface area (TPSA) is 56.1 Å². The number of nitrogens with zero attached hydrogens (tertiary/aromatic N) is 2. The van der Waals surface area contributed by atoms with E-state index in [2.05, 4.69) is 53.5 Å². The van der Waals surface area contributed by atoms with Crippen molar-refractivity contribution in [1.82, 2.24) is 9.55 Å². The van der Waals surface area contributed by atoms with Gasteiger partial charge in [-0.05, 0) is 43.7 Å². The summed E-state index contributed by atoms with van der Waals surface area (Å²) >= 11 is 3.56. The van der Waals surface area contributed by atoms with E-state index in [4.69, 9.17) is 9.72 Å². The van der Waals surface area contributed by atoms with Crippen molar-refractivity contribution in [1.29, 1.82) is 0 Å². The third kappa shape index (κ3) is 3.54. The maximum Gasteiger partial charge on any atom is 0.227 e. The van der Waals surface area contributed by atoms with Crippen molar-refractivity contribution in [2.24, 2.45) is 5.41 Å². The van der Waals surface area contributed by atoms with Gasteiger partial charge in [0.2, 0.25) is 11.9 Å². The molecule has 1 aromatic heterocycles. The number of carbonyl (C=O) groups is 1. The van der Waals surface area contributed by atoms with E-state index >= 15 is 0 Å². The van der Waals surface area contributed by atoms with Gasteiger partial charge in [-0.3, -0.25) is 10.1 Å². The van der Waals surface area contributed by atoms with Gasteiger partial charge in [0.25, 0.3) is 0 Å². The molecule has 3 rings (SSSR count). The second-order valence-corrected chi connectivity index (χ2v) is 9.30. The molecule has 1 amide bonds. The Morgan fingerprint density at radius 1 is 1.40 bits per heavy atom. The number of carbonyl (C=O) groups excluding carboxylic acids is 1. The lowest BCUT2D eigenvalue weighted by Crippen LogP contribution is -2.38. The standard InChI is InChI=1S/C19H26BrN3O2/c1-18(2,3)11-15(24)21-17-22-16-13(9-12(20)10-14(16)25-5)23(17)19(4)7-6-8-19/h9-10H,6-8,11H2,1-5H3,(H,21,22,24). The van der Waals surface area contributed by atoms with Crippen LogP contribution in [0.15, 0.2) is 16.6 Å². The molecule has 0 bridgehead atoms. The van der Waals surface area contributed by atoms with Crippen molar-refractivity contribution >= 4 is 38.8 Å².